The third kappa shape index (κ3) is 6.86. The topological polar surface area (TPSA) is 46.0 Å². The third-order valence-corrected chi connectivity index (χ3v) is 9.22. The van der Waals surface area contributed by atoms with Crippen molar-refractivity contribution in [1.29, 1.82) is 0 Å². The van der Waals surface area contributed by atoms with E-state index >= 15 is 0 Å². The fourth-order valence-electron chi connectivity index (χ4n) is 6.34. The van der Waals surface area contributed by atoms with Gasteiger partial charge in [-0.2, -0.15) is 6.07 Å². The molecule has 0 aliphatic carbocycles. The number of aromatic nitrogens is 3. The first kappa shape index (κ1) is 24.3. The summed E-state index contributed by atoms with van der Waals surface area (Å²) in [5.41, 5.74) is -1.24. The molecule has 8 rings (SSSR count). The Kier molecular flexibility index (Phi) is 6.12. The summed E-state index contributed by atoms with van der Waals surface area (Å²) in [6.07, 6.45) is 5.34. The normalized spacial score (nSPS) is 17.3. The molecule has 0 fully saturated rings. The third-order valence-electron chi connectivity index (χ3n) is 9.22. The molecule has 0 spiro atoms. The number of fused-ring (bicyclic) bond motifs is 4. The van der Waals surface area contributed by atoms with Gasteiger partial charge >= 0.3 is 27.1 Å². The van der Waals surface area contributed by atoms with Crippen LogP contribution in [0.3, 0.4) is 0 Å². The van der Waals surface area contributed by atoms with E-state index in [1.807, 2.05) is 67.9 Å². The Morgan fingerprint density at radius 2 is 1.44 bits per heavy atom. The molecule has 272 valence electrons. The van der Waals surface area contributed by atoms with Crippen molar-refractivity contribution in [2.45, 2.75) is 78.3 Å². The standard InChI is InChI=1S/C47H45N5O.Pt/c1-45(2,3)31-14-16-34(17-15-31)50-30-51(42-13-11-10-12-41(42)50)35-24-33(47(7,8)9)25-37(27-35)53-36-18-19-38-39-29-48-22-21-40(39)52(43(38)28-36)44-26-32(20-23-49-44)46(4,5)6;/h10-26,29H,1-9H3;/q;+2/i1D3,2D3,3D3,14D,15D,16D,17D;. The van der Waals surface area contributed by atoms with Gasteiger partial charge in [0.25, 0.3) is 11.4 Å². The molecule has 0 saturated heterocycles. The van der Waals surface area contributed by atoms with Gasteiger partial charge in [0, 0.05) is 72.2 Å². The van der Waals surface area contributed by atoms with Crippen molar-refractivity contribution < 1.29 is 43.6 Å². The molecule has 7 heteroatoms. The molecule has 4 aromatic carbocycles. The molecule has 3 aromatic heterocycles. The summed E-state index contributed by atoms with van der Waals surface area (Å²) in [5.74, 6) is 1.39. The number of hydrogen-bond donors (Lipinski definition) is 0. The van der Waals surface area contributed by atoms with E-state index in [0.717, 1.165) is 27.4 Å². The zero-order valence-corrected chi connectivity index (χ0v) is 32.8. The van der Waals surface area contributed by atoms with Gasteiger partial charge in [-0.1, -0.05) is 109 Å². The van der Waals surface area contributed by atoms with Crippen LogP contribution >= 0.6 is 0 Å². The molecule has 54 heavy (non-hydrogen) atoms. The van der Waals surface area contributed by atoms with Crippen molar-refractivity contribution in [2.24, 2.45) is 0 Å². The van der Waals surface area contributed by atoms with E-state index in [-0.39, 0.29) is 26.5 Å². The molecule has 7 aromatic rings. The van der Waals surface area contributed by atoms with Crippen LogP contribution in [0.2, 0.25) is 0 Å². The molecule has 1 aliphatic heterocycles. The van der Waals surface area contributed by atoms with Crippen LogP contribution in [0.4, 0.5) is 22.7 Å². The number of nitrogens with zero attached hydrogens (tertiary/aromatic N) is 5. The maximum Gasteiger partial charge on any atom is 2.00 e. The zero-order chi connectivity index (χ0) is 48.3. The molecule has 0 radical (unpaired) electrons. The first-order chi connectivity index (χ1) is 30.6. The molecule has 0 atom stereocenters. The first-order valence-electron chi connectivity index (χ1n) is 23.7. The molecular weight excluding hydrogens is 846 g/mol. The van der Waals surface area contributed by atoms with Crippen LogP contribution in [0.5, 0.6) is 11.5 Å². The van der Waals surface area contributed by atoms with Gasteiger partial charge < -0.3 is 9.30 Å². The van der Waals surface area contributed by atoms with Crippen molar-refractivity contribution in [1.82, 2.24) is 23.7 Å². The fraction of sp³-hybridized carbons (Fsp3) is 0.255. The van der Waals surface area contributed by atoms with Gasteiger partial charge in [-0.15, -0.1) is 29.1 Å². The second-order valence-corrected chi connectivity index (χ2v) is 15.2. The average molecular weight is 904 g/mol. The Balaban J connectivity index is 0.00000666. The van der Waals surface area contributed by atoms with E-state index in [9.17, 15) is 0 Å². The zero-order valence-electron chi connectivity index (χ0n) is 43.5. The molecule has 4 heterocycles. The Morgan fingerprint density at radius 3 is 2.15 bits per heavy atom. The minimum Gasteiger partial charge on any atom is -0.509 e. The van der Waals surface area contributed by atoms with Crippen LogP contribution in [-0.4, -0.2) is 20.5 Å². The van der Waals surface area contributed by atoms with E-state index < -0.39 is 66.8 Å². The Hall–Kier alpha value is -5.15. The quantitative estimate of drug-likeness (QED) is 0.128. The number of para-hydroxylation sites is 2. The SMILES string of the molecule is [2H]c1c([2H])c(C(C([2H])([2H])[2H])(C([2H])([2H])[2H])C([2H])([2H])[2H])c([2H])c([2H])c1[N+]1=C=[N+](c2[c-]c(Oc3[c-]c4c(cc3)c3cnccc3n4-c3cc(C(C)(C)C)ccn3)cc(C(C)(C)C)c2)c2ccccc21.[Pt+2]. The molecule has 0 saturated carbocycles. The van der Waals surface area contributed by atoms with Crippen molar-refractivity contribution in [3.63, 3.8) is 0 Å². The van der Waals surface area contributed by atoms with Gasteiger partial charge in [-0.05, 0) is 55.5 Å². The summed E-state index contributed by atoms with van der Waals surface area (Å²) in [6.45, 7) is 1.08. The summed E-state index contributed by atoms with van der Waals surface area (Å²) in [7, 11) is 0. The van der Waals surface area contributed by atoms with Gasteiger partial charge in [0.2, 0.25) is 5.69 Å². The van der Waals surface area contributed by atoms with E-state index in [4.69, 9.17) is 27.5 Å². The predicted octanol–water partition coefficient (Wildman–Crippen LogP) is 11.7. The van der Waals surface area contributed by atoms with Gasteiger partial charge in [-0.3, -0.25) is 4.98 Å². The van der Waals surface area contributed by atoms with Crippen LogP contribution in [-0.2, 0) is 37.3 Å². The maximum absolute atomic E-state index is 9.14. The summed E-state index contributed by atoms with van der Waals surface area (Å²) >= 11 is 0. The predicted molar refractivity (Wildman–Crippen MR) is 217 cm³/mol. The molecule has 1 aliphatic rings. The minimum atomic E-state index is -3.81. The Bertz CT molecular complexity index is 3140. The van der Waals surface area contributed by atoms with Crippen LogP contribution < -0.4 is 13.9 Å². The Morgan fingerprint density at radius 1 is 0.722 bits per heavy atom. The number of hydrogen-bond acceptors (Lipinski definition) is 3. The van der Waals surface area contributed by atoms with Crippen molar-refractivity contribution >= 4 is 50.6 Å². The second kappa shape index (κ2) is 13.6. The van der Waals surface area contributed by atoms with Gasteiger partial charge in [-0.25, -0.2) is 4.98 Å². The van der Waals surface area contributed by atoms with Gasteiger partial charge in [0.1, 0.15) is 11.5 Å². The van der Waals surface area contributed by atoms with Gasteiger partial charge in [0.05, 0.1) is 5.48 Å². The van der Waals surface area contributed by atoms with Crippen LogP contribution in [0, 0.1) is 12.1 Å². The largest absolute Gasteiger partial charge is 2.00 e. The summed E-state index contributed by atoms with van der Waals surface area (Å²) in [4.78, 5) is 9.16. The summed E-state index contributed by atoms with van der Waals surface area (Å²) in [6, 6.07) is 26.3. The number of benzene rings is 4. The minimum absolute atomic E-state index is 0. The monoisotopic (exact) mass is 903 g/mol. The summed E-state index contributed by atoms with van der Waals surface area (Å²) < 4.78 is 122. The smallest absolute Gasteiger partial charge is 0.509 e. The van der Waals surface area contributed by atoms with Crippen LogP contribution in [0.15, 0.2) is 109 Å². The molecule has 0 unspecified atom stereocenters. The number of ether oxygens (including phenoxy) is 1. The van der Waals surface area contributed by atoms with Crippen molar-refractivity contribution in [2.75, 3.05) is 0 Å². The van der Waals surface area contributed by atoms with E-state index in [1.165, 1.54) is 4.58 Å². The molecule has 0 bridgehead atoms. The Labute approximate surface area is 351 Å². The van der Waals surface area contributed by atoms with Crippen LogP contribution in [0.25, 0.3) is 27.6 Å². The average Bonchev–Trinajstić information content (AvgIpc) is 3.75. The van der Waals surface area contributed by atoms with Gasteiger partial charge in [0.15, 0.2) is 0 Å². The maximum atomic E-state index is 9.14. The van der Waals surface area contributed by atoms with E-state index in [2.05, 4.69) is 50.0 Å². The van der Waals surface area contributed by atoms with Crippen molar-refractivity contribution in [3.05, 3.63) is 138 Å². The number of pyridine rings is 2. The molecular formula is C47H45N5OPt+2. The second-order valence-electron chi connectivity index (χ2n) is 15.2. The summed E-state index contributed by atoms with van der Waals surface area (Å²) in [5, 5.41) is 1.80. The van der Waals surface area contributed by atoms with E-state index in [0.29, 0.717) is 39.9 Å². The molecule has 0 N–H and O–H groups in total. The van der Waals surface area contributed by atoms with E-state index in [1.54, 1.807) is 41.2 Å². The van der Waals surface area contributed by atoms with Crippen LogP contribution in [0.1, 0.15) is 96.6 Å². The first-order valence-corrected chi connectivity index (χ1v) is 17.2. The number of rotatable bonds is 5. The fourth-order valence-corrected chi connectivity index (χ4v) is 6.34. The van der Waals surface area contributed by atoms with Crippen molar-refractivity contribution in [3.8, 4) is 17.3 Å². The molecule has 0 amide bonds. The molecule has 6 nitrogen and oxygen atoms in total.